The molecule has 0 saturated carbocycles. The molecule has 0 aromatic rings. The van der Waals surface area contributed by atoms with Crippen molar-refractivity contribution in [1.82, 2.24) is 5.32 Å². The minimum Gasteiger partial charge on any atom is -0.388 e. The third kappa shape index (κ3) is 10.0. The van der Waals surface area contributed by atoms with E-state index in [1.165, 1.54) is 0 Å². The molecule has 26 heavy (non-hydrogen) atoms. The molecule has 0 aromatic carbocycles. The summed E-state index contributed by atoms with van der Waals surface area (Å²) in [5.41, 5.74) is 4.96. The molecular formula is C21H41N3O2. The van der Waals surface area contributed by atoms with E-state index in [2.05, 4.69) is 31.1 Å². The maximum absolute atomic E-state index is 13.0. The monoisotopic (exact) mass is 367 g/mol. The van der Waals surface area contributed by atoms with Gasteiger partial charge in [-0.05, 0) is 46.5 Å². The Hall–Kier alpha value is -1.23. The van der Waals surface area contributed by atoms with Crippen LogP contribution in [0.2, 0.25) is 0 Å². The van der Waals surface area contributed by atoms with Crippen LogP contribution in [0.4, 0.5) is 0 Å². The molecule has 0 amide bonds. The molecule has 0 unspecified atom stereocenters. The number of Topliss-reactive ketones (excluding diaryl/α,β-unsaturated/α-hetero) is 2. The quantitative estimate of drug-likeness (QED) is 0.350. The smallest absolute Gasteiger partial charge is 0.150 e. The van der Waals surface area contributed by atoms with Crippen molar-refractivity contribution in [2.24, 2.45) is 28.0 Å². The van der Waals surface area contributed by atoms with Crippen molar-refractivity contribution in [2.75, 3.05) is 6.54 Å². The van der Waals surface area contributed by atoms with Gasteiger partial charge in [0.15, 0.2) is 5.78 Å². The average Bonchev–Trinajstić information content (AvgIpc) is 2.44. The number of ketones is 2. The number of rotatable bonds is 10. The van der Waals surface area contributed by atoms with Gasteiger partial charge in [0.05, 0.1) is 11.9 Å². The number of nitrogens with zero attached hydrogens (tertiary/aromatic N) is 1. The Kier molecular flexibility index (Phi) is 9.71. The Morgan fingerprint density at radius 2 is 1.62 bits per heavy atom. The van der Waals surface area contributed by atoms with Crippen LogP contribution in [0, 0.1) is 17.3 Å². The van der Waals surface area contributed by atoms with Crippen LogP contribution < -0.4 is 11.1 Å². The molecule has 0 bridgehead atoms. The standard InChI is InChI=1S/C21H41N3O2/c1-14(2)18(24-21(7,8)9)17(25)13-16(19(26)20(4,5)6)11-10-12-23-15(3)22/h14,16,18,24H,10-13H2,1-9H3,(H2,22,23)/t16-,18+/m1/s1. The summed E-state index contributed by atoms with van der Waals surface area (Å²) in [5, 5.41) is 3.42. The summed E-state index contributed by atoms with van der Waals surface area (Å²) in [5.74, 6) is 0.734. The molecule has 0 rings (SSSR count). The molecule has 0 spiro atoms. The van der Waals surface area contributed by atoms with Gasteiger partial charge in [0.1, 0.15) is 5.78 Å². The predicted molar refractivity (Wildman–Crippen MR) is 110 cm³/mol. The van der Waals surface area contributed by atoms with Gasteiger partial charge in [-0.15, -0.1) is 0 Å². The van der Waals surface area contributed by atoms with Crippen molar-refractivity contribution in [3.05, 3.63) is 0 Å². The second-order valence-corrected chi connectivity index (χ2v) is 9.76. The highest BCUT2D eigenvalue weighted by atomic mass is 16.1. The minimum absolute atomic E-state index is 0.121. The van der Waals surface area contributed by atoms with E-state index >= 15 is 0 Å². The van der Waals surface area contributed by atoms with Gasteiger partial charge in [0, 0.05) is 29.8 Å². The number of hydrogen-bond acceptors (Lipinski definition) is 4. The summed E-state index contributed by atoms with van der Waals surface area (Å²) < 4.78 is 0. The van der Waals surface area contributed by atoms with Gasteiger partial charge in [-0.25, -0.2) is 0 Å². The Bertz CT molecular complexity index is 492. The largest absolute Gasteiger partial charge is 0.388 e. The molecule has 0 aliphatic rings. The van der Waals surface area contributed by atoms with Crippen LogP contribution in [0.3, 0.4) is 0 Å². The number of hydrogen-bond donors (Lipinski definition) is 2. The maximum atomic E-state index is 13.0. The lowest BCUT2D eigenvalue weighted by atomic mass is 9.77. The zero-order chi connectivity index (χ0) is 20.7. The Morgan fingerprint density at radius 1 is 1.08 bits per heavy atom. The van der Waals surface area contributed by atoms with Gasteiger partial charge < -0.3 is 11.1 Å². The van der Waals surface area contributed by atoms with E-state index < -0.39 is 5.41 Å². The lowest BCUT2D eigenvalue weighted by molar-refractivity contribution is -0.134. The highest BCUT2D eigenvalue weighted by Gasteiger charge is 2.34. The van der Waals surface area contributed by atoms with E-state index in [9.17, 15) is 9.59 Å². The first-order valence-electron chi connectivity index (χ1n) is 9.76. The van der Waals surface area contributed by atoms with Gasteiger partial charge >= 0.3 is 0 Å². The molecule has 0 radical (unpaired) electrons. The summed E-state index contributed by atoms with van der Waals surface area (Å²) in [7, 11) is 0. The molecule has 0 fully saturated rings. The first kappa shape index (κ1) is 24.8. The van der Waals surface area contributed by atoms with Crippen molar-refractivity contribution in [2.45, 2.75) is 93.2 Å². The summed E-state index contributed by atoms with van der Waals surface area (Å²) in [4.78, 5) is 30.1. The maximum Gasteiger partial charge on any atom is 0.150 e. The molecule has 2 atom stereocenters. The zero-order valence-corrected chi connectivity index (χ0v) is 18.4. The lowest BCUT2D eigenvalue weighted by Gasteiger charge is -2.32. The van der Waals surface area contributed by atoms with Crippen LogP contribution in [0.5, 0.6) is 0 Å². The summed E-state index contributed by atoms with van der Waals surface area (Å²) in [6.45, 7) is 18.4. The van der Waals surface area contributed by atoms with Crippen LogP contribution >= 0.6 is 0 Å². The molecule has 0 saturated heterocycles. The molecular weight excluding hydrogens is 326 g/mol. The van der Waals surface area contributed by atoms with E-state index in [1.807, 2.05) is 34.6 Å². The number of carbonyl (C=O) groups is 2. The first-order valence-corrected chi connectivity index (χ1v) is 9.76. The second kappa shape index (κ2) is 10.2. The van der Waals surface area contributed by atoms with Gasteiger partial charge in [-0.1, -0.05) is 34.6 Å². The van der Waals surface area contributed by atoms with Crippen LogP contribution in [0.15, 0.2) is 4.99 Å². The zero-order valence-electron chi connectivity index (χ0n) is 18.4. The first-order chi connectivity index (χ1) is 11.6. The molecule has 0 aliphatic carbocycles. The molecule has 0 aliphatic heterocycles. The SMILES string of the molecule is CC(N)=NCCC[C@H](CC(=O)[C@@H](NC(C)(C)C)C(C)C)C(=O)C(C)(C)C. The van der Waals surface area contributed by atoms with E-state index in [-0.39, 0.29) is 41.4 Å². The van der Waals surface area contributed by atoms with Crippen molar-refractivity contribution in [3.8, 4) is 0 Å². The van der Waals surface area contributed by atoms with Gasteiger partial charge in [-0.3, -0.25) is 14.6 Å². The van der Waals surface area contributed by atoms with Crippen LogP contribution in [-0.4, -0.2) is 35.5 Å². The van der Waals surface area contributed by atoms with Crippen LogP contribution in [0.25, 0.3) is 0 Å². The molecule has 0 aromatic heterocycles. The molecule has 5 heteroatoms. The van der Waals surface area contributed by atoms with Crippen molar-refractivity contribution in [1.29, 1.82) is 0 Å². The normalized spacial score (nSPS) is 15.8. The fourth-order valence-corrected chi connectivity index (χ4v) is 2.99. The topological polar surface area (TPSA) is 84.5 Å². The fraction of sp³-hybridized carbons (Fsp3) is 0.857. The molecule has 5 nitrogen and oxygen atoms in total. The molecule has 0 heterocycles. The second-order valence-electron chi connectivity index (χ2n) is 9.76. The van der Waals surface area contributed by atoms with Crippen molar-refractivity contribution >= 4 is 17.4 Å². The van der Waals surface area contributed by atoms with E-state index in [1.54, 1.807) is 6.92 Å². The van der Waals surface area contributed by atoms with Crippen molar-refractivity contribution in [3.63, 3.8) is 0 Å². The lowest BCUT2D eigenvalue weighted by Crippen LogP contribution is -2.51. The number of nitrogens with two attached hydrogens (primary N) is 1. The third-order valence-electron chi connectivity index (χ3n) is 4.23. The highest BCUT2D eigenvalue weighted by molar-refractivity contribution is 5.92. The van der Waals surface area contributed by atoms with Gasteiger partial charge in [0.25, 0.3) is 0 Å². The summed E-state index contributed by atoms with van der Waals surface area (Å²) >= 11 is 0. The summed E-state index contributed by atoms with van der Waals surface area (Å²) in [6.07, 6.45) is 1.71. The Balaban J connectivity index is 5.21. The predicted octanol–water partition coefficient (Wildman–Crippen LogP) is 3.75. The van der Waals surface area contributed by atoms with E-state index in [4.69, 9.17) is 5.73 Å². The number of nitrogens with one attached hydrogen (secondary N) is 1. The summed E-state index contributed by atoms with van der Waals surface area (Å²) in [6, 6.07) is -0.241. The van der Waals surface area contributed by atoms with Crippen molar-refractivity contribution < 1.29 is 9.59 Å². The number of aliphatic imine (C=N–C) groups is 1. The minimum atomic E-state index is -0.456. The van der Waals surface area contributed by atoms with E-state index in [0.29, 0.717) is 18.8 Å². The fourth-order valence-electron chi connectivity index (χ4n) is 2.99. The van der Waals surface area contributed by atoms with Gasteiger partial charge in [0.2, 0.25) is 0 Å². The van der Waals surface area contributed by atoms with Crippen LogP contribution in [-0.2, 0) is 9.59 Å². The third-order valence-corrected chi connectivity index (χ3v) is 4.23. The van der Waals surface area contributed by atoms with Gasteiger partial charge in [-0.2, -0.15) is 0 Å². The van der Waals surface area contributed by atoms with Crippen LogP contribution in [0.1, 0.15) is 81.6 Å². The Labute approximate surface area is 160 Å². The highest BCUT2D eigenvalue weighted by Crippen LogP contribution is 2.27. The Morgan fingerprint density at radius 3 is 2.00 bits per heavy atom. The number of amidine groups is 1. The molecule has 152 valence electrons. The number of carbonyl (C=O) groups excluding carboxylic acids is 2. The van der Waals surface area contributed by atoms with E-state index in [0.717, 1.165) is 6.42 Å². The molecule has 3 N–H and O–H groups in total. The average molecular weight is 368 g/mol.